The Balaban J connectivity index is 2.47. The molecule has 0 saturated heterocycles. The molecule has 0 bridgehead atoms. The summed E-state index contributed by atoms with van der Waals surface area (Å²) in [4.78, 5) is 0. The minimum atomic E-state index is 0.572. The number of allylic oxidation sites excluding steroid dienone is 2. The van der Waals surface area contributed by atoms with Gasteiger partial charge in [-0.1, -0.05) is 25.1 Å². The smallest absolute Gasteiger partial charge is 0.204 e. The van der Waals surface area contributed by atoms with Gasteiger partial charge in [-0.25, -0.2) is 0 Å². The lowest BCUT2D eigenvalue weighted by Gasteiger charge is -2.18. The average molecular weight is 368 g/mol. The molecule has 0 aliphatic carbocycles. The SMILES string of the molecule is C=CCc1ccc(Oc2cc(CC=C)cc(OC)c2OCCC)c(OC)c1. The third kappa shape index (κ3) is 5.30. The van der Waals surface area contributed by atoms with Crippen molar-refractivity contribution in [3.8, 4) is 28.7 Å². The molecule has 0 aliphatic rings. The molecular weight excluding hydrogens is 340 g/mol. The van der Waals surface area contributed by atoms with E-state index in [1.165, 1.54) is 0 Å². The Morgan fingerprint density at radius 1 is 0.815 bits per heavy atom. The zero-order valence-electron chi connectivity index (χ0n) is 16.4. The molecule has 2 aromatic rings. The maximum absolute atomic E-state index is 6.20. The van der Waals surface area contributed by atoms with Gasteiger partial charge in [-0.2, -0.15) is 0 Å². The number of hydrogen-bond acceptors (Lipinski definition) is 4. The van der Waals surface area contributed by atoms with Crippen molar-refractivity contribution in [2.24, 2.45) is 0 Å². The number of methoxy groups -OCH3 is 2. The second kappa shape index (κ2) is 10.3. The first-order chi connectivity index (χ1) is 13.2. The summed E-state index contributed by atoms with van der Waals surface area (Å²) in [5, 5.41) is 0. The van der Waals surface area contributed by atoms with E-state index in [9.17, 15) is 0 Å². The van der Waals surface area contributed by atoms with Crippen molar-refractivity contribution in [2.75, 3.05) is 20.8 Å². The topological polar surface area (TPSA) is 36.9 Å². The van der Waals surface area contributed by atoms with Gasteiger partial charge in [0.05, 0.1) is 20.8 Å². The molecule has 0 N–H and O–H groups in total. The summed E-state index contributed by atoms with van der Waals surface area (Å²) >= 11 is 0. The lowest BCUT2D eigenvalue weighted by molar-refractivity contribution is 0.279. The van der Waals surface area contributed by atoms with Gasteiger partial charge in [0, 0.05) is 0 Å². The van der Waals surface area contributed by atoms with Gasteiger partial charge >= 0.3 is 0 Å². The van der Waals surface area contributed by atoms with Crippen molar-refractivity contribution in [1.29, 1.82) is 0 Å². The number of hydrogen-bond donors (Lipinski definition) is 0. The van der Waals surface area contributed by atoms with Crippen LogP contribution in [0.5, 0.6) is 28.7 Å². The maximum Gasteiger partial charge on any atom is 0.204 e. The molecule has 27 heavy (non-hydrogen) atoms. The predicted molar refractivity (Wildman–Crippen MR) is 110 cm³/mol. The Labute approximate surface area is 162 Å². The van der Waals surface area contributed by atoms with E-state index in [0.717, 1.165) is 24.0 Å². The highest BCUT2D eigenvalue weighted by Gasteiger charge is 2.17. The van der Waals surface area contributed by atoms with Crippen LogP contribution in [0, 0.1) is 0 Å². The molecular formula is C23H28O4. The van der Waals surface area contributed by atoms with Crippen LogP contribution >= 0.6 is 0 Å². The molecule has 0 aromatic heterocycles. The first-order valence-electron chi connectivity index (χ1n) is 9.07. The zero-order valence-corrected chi connectivity index (χ0v) is 16.4. The van der Waals surface area contributed by atoms with Gasteiger partial charge in [-0.3, -0.25) is 0 Å². The minimum absolute atomic E-state index is 0.572. The predicted octanol–water partition coefficient (Wildman–Crippen LogP) is 5.74. The lowest BCUT2D eigenvalue weighted by atomic mass is 10.1. The Morgan fingerprint density at radius 3 is 2.07 bits per heavy atom. The van der Waals surface area contributed by atoms with Gasteiger partial charge in [0.15, 0.2) is 23.0 Å². The van der Waals surface area contributed by atoms with E-state index in [0.29, 0.717) is 41.8 Å². The number of ether oxygens (including phenoxy) is 4. The molecule has 0 radical (unpaired) electrons. The van der Waals surface area contributed by atoms with E-state index in [1.54, 1.807) is 14.2 Å². The highest BCUT2D eigenvalue weighted by atomic mass is 16.5. The van der Waals surface area contributed by atoms with Gasteiger partial charge in [0.2, 0.25) is 5.75 Å². The molecule has 4 nitrogen and oxygen atoms in total. The maximum atomic E-state index is 6.20. The highest BCUT2D eigenvalue weighted by Crippen LogP contribution is 2.43. The molecule has 2 rings (SSSR count). The molecule has 0 amide bonds. The molecule has 144 valence electrons. The quantitative estimate of drug-likeness (QED) is 0.474. The van der Waals surface area contributed by atoms with Crippen LogP contribution < -0.4 is 18.9 Å². The van der Waals surface area contributed by atoms with Crippen LogP contribution in [-0.4, -0.2) is 20.8 Å². The number of rotatable bonds is 11. The molecule has 0 aliphatic heterocycles. The van der Waals surface area contributed by atoms with Gasteiger partial charge in [-0.05, 0) is 54.7 Å². The summed E-state index contributed by atoms with van der Waals surface area (Å²) in [6.45, 7) is 10.2. The van der Waals surface area contributed by atoms with Gasteiger partial charge < -0.3 is 18.9 Å². The summed E-state index contributed by atoms with van der Waals surface area (Å²) in [7, 11) is 3.25. The van der Waals surface area contributed by atoms with E-state index in [1.807, 2.05) is 42.5 Å². The molecule has 0 atom stereocenters. The first-order valence-corrected chi connectivity index (χ1v) is 9.07. The monoisotopic (exact) mass is 368 g/mol. The van der Waals surface area contributed by atoms with Crippen molar-refractivity contribution < 1.29 is 18.9 Å². The number of benzene rings is 2. The van der Waals surface area contributed by atoms with Crippen LogP contribution in [0.4, 0.5) is 0 Å². The lowest BCUT2D eigenvalue weighted by Crippen LogP contribution is -2.02. The van der Waals surface area contributed by atoms with Crippen LogP contribution in [0.2, 0.25) is 0 Å². The molecule has 0 spiro atoms. The Hall–Kier alpha value is -2.88. The molecule has 4 heteroatoms. The van der Waals surface area contributed by atoms with E-state index in [-0.39, 0.29) is 0 Å². The van der Waals surface area contributed by atoms with E-state index in [4.69, 9.17) is 18.9 Å². The van der Waals surface area contributed by atoms with Crippen LogP contribution in [0.1, 0.15) is 24.5 Å². The van der Waals surface area contributed by atoms with Gasteiger partial charge in [0.25, 0.3) is 0 Å². The fraction of sp³-hybridized carbons (Fsp3) is 0.304. The van der Waals surface area contributed by atoms with Crippen LogP contribution in [0.15, 0.2) is 55.6 Å². The van der Waals surface area contributed by atoms with Crippen LogP contribution in [-0.2, 0) is 12.8 Å². The summed E-state index contributed by atoms with van der Waals surface area (Å²) in [6.07, 6.45) is 6.06. The van der Waals surface area contributed by atoms with Gasteiger partial charge in [0.1, 0.15) is 0 Å². The third-order valence-corrected chi connectivity index (χ3v) is 3.96. The summed E-state index contributed by atoms with van der Waals surface area (Å²) < 4.78 is 23.2. The molecule has 0 heterocycles. The summed E-state index contributed by atoms with van der Waals surface area (Å²) in [5.41, 5.74) is 2.14. The normalized spacial score (nSPS) is 10.2. The van der Waals surface area contributed by atoms with Crippen molar-refractivity contribution in [1.82, 2.24) is 0 Å². The van der Waals surface area contributed by atoms with Crippen molar-refractivity contribution in [3.63, 3.8) is 0 Å². The fourth-order valence-electron chi connectivity index (χ4n) is 2.70. The van der Waals surface area contributed by atoms with E-state index >= 15 is 0 Å². The van der Waals surface area contributed by atoms with E-state index in [2.05, 4.69) is 20.1 Å². The molecule has 0 fully saturated rings. The second-order valence-electron chi connectivity index (χ2n) is 6.05. The largest absolute Gasteiger partial charge is 0.493 e. The Kier molecular flexibility index (Phi) is 7.80. The molecule has 0 saturated carbocycles. The van der Waals surface area contributed by atoms with Crippen molar-refractivity contribution >= 4 is 0 Å². The second-order valence-corrected chi connectivity index (χ2v) is 6.05. The van der Waals surface area contributed by atoms with Crippen LogP contribution in [0.25, 0.3) is 0 Å². The standard InChI is InChI=1S/C23H28O4/c1-6-9-17-11-12-19(20(14-17)24-4)27-22-16-18(10-7-2)15-21(25-5)23(22)26-13-8-3/h6-7,11-12,14-16H,1-2,8-10,13H2,3-5H3. The highest BCUT2D eigenvalue weighted by molar-refractivity contribution is 5.57. The molecule has 2 aromatic carbocycles. The van der Waals surface area contributed by atoms with Crippen molar-refractivity contribution in [3.05, 3.63) is 66.8 Å². The fourth-order valence-corrected chi connectivity index (χ4v) is 2.70. The summed E-state index contributed by atoms with van der Waals surface area (Å²) in [5.74, 6) is 3.09. The Morgan fingerprint density at radius 2 is 1.44 bits per heavy atom. The Bertz CT molecular complexity index is 780. The first kappa shape index (κ1) is 20.4. The molecule has 0 unspecified atom stereocenters. The minimum Gasteiger partial charge on any atom is -0.493 e. The zero-order chi connectivity index (χ0) is 19.6. The van der Waals surface area contributed by atoms with Crippen LogP contribution in [0.3, 0.4) is 0 Å². The average Bonchev–Trinajstić information content (AvgIpc) is 2.68. The van der Waals surface area contributed by atoms with Gasteiger partial charge in [-0.15, -0.1) is 13.2 Å². The third-order valence-electron chi connectivity index (χ3n) is 3.96. The van der Waals surface area contributed by atoms with Crippen molar-refractivity contribution in [2.45, 2.75) is 26.2 Å². The summed E-state index contributed by atoms with van der Waals surface area (Å²) in [6, 6.07) is 9.75. The van der Waals surface area contributed by atoms with E-state index < -0.39 is 0 Å².